The normalized spacial score (nSPS) is 21.2. The zero-order valence-electron chi connectivity index (χ0n) is 34.2. The van der Waals surface area contributed by atoms with E-state index in [1.807, 2.05) is 30.3 Å². The van der Waals surface area contributed by atoms with Gasteiger partial charge in [0.05, 0.1) is 22.8 Å². The van der Waals surface area contributed by atoms with E-state index in [0.29, 0.717) is 42.6 Å². The summed E-state index contributed by atoms with van der Waals surface area (Å²) in [7, 11) is 4.69. The predicted molar refractivity (Wildman–Crippen MR) is 226 cm³/mol. The van der Waals surface area contributed by atoms with Crippen LogP contribution in [0.1, 0.15) is 87.2 Å². The molecule has 54 heavy (non-hydrogen) atoms. The van der Waals surface area contributed by atoms with Gasteiger partial charge in [-0.2, -0.15) is 0 Å². The molecule has 2 aromatic rings. The number of methoxy groups -OCH3 is 1. The molecule has 2 aliphatic rings. The van der Waals surface area contributed by atoms with E-state index in [0.717, 1.165) is 88.6 Å². The van der Waals surface area contributed by atoms with E-state index in [9.17, 15) is 9.00 Å². The number of likely N-dealkylation sites (N-methyl/N-ethyl adjacent to an activating group) is 1. The number of rotatable bonds is 24. The van der Waals surface area contributed by atoms with E-state index in [1.165, 1.54) is 24.0 Å². The second kappa shape index (κ2) is 23.2. The average molecular weight is 786 g/mol. The van der Waals surface area contributed by atoms with Gasteiger partial charge in [0.25, 0.3) is 0 Å². The van der Waals surface area contributed by atoms with Crippen LogP contribution >= 0.6 is 11.6 Å². The van der Waals surface area contributed by atoms with E-state index in [1.54, 1.807) is 14.2 Å². The number of nitrogens with one attached hydrogen (secondary N) is 1. The fourth-order valence-corrected chi connectivity index (χ4v) is 9.82. The zero-order chi connectivity index (χ0) is 39.0. The number of halogens is 1. The van der Waals surface area contributed by atoms with Crippen molar-refractivity contribution < 1.29 is 18.5 Å². The minimum atomic E-state index is -1.08. The lowest BCUT2D eigenvalue weighted by atomic mass is 9.66. The molecular formula is C44H69ClN4O4S. The Hall–Kier alpha value is -2.11. The Morgan fingerprint density at radius 2 is 1.81 bits per heavy atom. The Kier molecular flexibility index (Phi) is 19.2. The summed E-state index contributed by atoms with van der Waals surface area (Å²) in [6.45, 7) is 17.8. The molecule has 7 unspecified atom stereocenters. The van der Waals surface area contributed by atoms with Gasteiger partial charge in [0.2, 0.25) is 0 Å². The molecule has 10 heteroatoms. The minimum absolute atomic E-state index is 0.0541. The van der Waals surface area contributed by atoms with Crippen LogP contribution in [0.25, 0.3) is 0 Å². The molecule has 7 atom stereocenters. The fraction of sp³-hybridized carbons (Fsp3) is 0.659. The van der Waals surface area contributed by atoms with E-state index in [2.05, 4.69) is 78.4 Å². The maximum Gasteiger partial charge on any atom is 0.150 e. The highest BCUT2D eigenvalue weighted by Crippen LogP contribution is 2.42. The maximum atomic E-state index is 12.9. The van der Waals surface area contributed by atoms with Crippen LogP contribution in [0, 0.1) is 23.7 Å². The van der Waals surface area contributed by atoms with Gasteiger partial charge in [-0.15, -0.1) is 0 Å². The Morgan fingerprint density at radius 1 is 1.07 bits per heavy atom. The van der Waals surface area contributed by atoms with Crippen LogP contribution in [-0.2, 0) is 22.1 Å². The third-order valence-electron chi connectivity index (χ3n) is 11.9. The number of hydrogen-bond acceptors (Lipinski definition) is 7. The minimum Gasteiger partial charge on any atom is -0.493 e. The van der Waals surface area contributed by atoms with Gasteiger partial charge < -0.3 is 19.3 Å². The van der Waals surface area contributed by atoms with E-state index >= 15 is 0 Å². The summed E-state index contributed by atoms with van der Waals surface area (Å²) in [4.78, 5) is 19.0. The van der Waals surface area contributed by atoms with E-state index < -0.39 is 11.0 Å². The topological polar surface area (TPSA) is 74.3 Å². The highest BCUT2D eigenvalue weighted by molar-refractivity contribution is 7.83. The van der Waals surface area contributed by atoms with Gasteiger partial charge in [0.15, 0.2) is 0 Å². The molecule has 0 bridgehead atoms. The average Bonchev–Trinajstić information content (AvgIpc) is 3.15. The number of nitrogens with zero attached hydrogens (tertiary/aromatic N) is 3. The molecule has 8 nitrogen and oxygen atoms in total. The van der Waals surface area contributed by atoms with Crippen molar-refractivity contribution in [3.63, 3.8) is 0 Å². The van der Waals surface area contributed by atoms with Crippen molar-refractivity contribution >= 4 is 28.9 Å². The van der Waals surface area contributed by atoms with Gasteiger partial charge in [-0.25, -0.2) is 8.93 Å². The summed E-state index contributed by atoms with van der Waals surface area (Å²) >= 11 is 6.50. The second-order valence-electron chi connectivity index (χ2n) is 16.1. The largest absolute Gasteiger partial charge is 0.493 e. The second-order valence-corrected chi connectivity index (χ2v) is 18.1. The van der Waals surface area contributed by atoms with Gasteiger partial charge in [0.1, 0.15) is 12.0 Å². The van der Waals surface area contributed by atoms with E-state index in [-0.39, 0.29) is 17.1 Å². The number of aryl methyl sites for hydroxylation is 1. The summed E-state index contributed by atoms with van der Waals surface area (Å²) in [5.74, 6) is 2.98. The lowest BCUT2D eigenvalue weighted by molar-refractivity contribution is 0.0486. The first-order valence-electron chi connectivity index (χ1n) is 20.4. The smallest absolute Gasteiger partial charge is 0.150 e. The van der Waals surface area contributed by atoms with Crippen molar-refractivity contribution in [2.75, 3.05) is 80.2 Å². The third kappa shape index (κ3) is 13.5. The lowest BCUT2D eigenvalue weighted by Crippen LogP contribution is -2.51. The molecule has 4 rings (SSSR count). The number of hydrogen-bond donors (Lipinski definition) is 1. The molecule has 2 aromatic carbocycles. The Morgan fingerprint density at radius 3 is 2.43 bits per heavy atom. The Balaban J connectivity index is 1.48. The number of carbonyl (C=O) groups excluding carboxylic acids is 1. The molecule has 0 spiro atoms. The van der Waals surface area contributed by atoms with Gasteiger partial charge in [0, 0.05) is 82.1 Å². The van der Waals surface area contributed by atoms with E-state index in [4.69, 9.17) is 21.1 Å². The molecule has 1 N–H and O–H groups in total. The molecule has 1 aliphatic heterocycles. The molecule has 2 fully saturated rings. The monoisotopic (exact) mass is 784 g/mol. The first-order valence-corrected chi connectivity index (χ1v) is 22.0. The molecular weight excluding hydrogens is 716 g/mol. The maximum absolute atomic E-state index is 12.9. The van der Waals surface area contributed by atoms with Gasteiger partial charge in [-0.1, -0.05) is 50.1 Å². The number of piperazine rings is 1. The summed E-state index contributed by atoms with van der Waals surface area (Å²) < 4.78 is 27.6. The van der Waals surface area contributed by atoms with Crippen LogP contribution in [0.3, 0.4) is 0 Å². The molecule has 1 saturated heterocycles. The van der Waals surface area contributed by atoms with Crippen LogP contribution in [-0.4, -0.2) is 117 Å². The van der Waals surface area contributed by atoms with Gasteiger partial charge in [-0.3, -0.25) is 9.69 Å². The van der Waals surface area contributed by atoms with Crippen LogP contribution in [0.5, 0.6) is 5.75 Å². The molecule has 1 saturated carbocycles. The van der Waals surface area contributed by atoms with Crippen LogP contribution in [0.15, 0.2) is 54.6 Å². The number of carbonyl (C=O) groups is 1. The van der Waals surface area contributed by atoms with Crippen molar-refractivity contribution in [2.45, 2.75) is 83.4 Å². The molecule has 302 valence electrons. The van der Waals surface area contributed by atoms with Crippen LogP contribution in [0.2, 0.25) is 5.02 Å². The van der Waals surface area contributed by atoms with Gasteiger partial charge >= 0.3 is 0 Å². The Bertz CT molecular complexity index is 1450. The van der Waals surface area contributed by atoms with Crippen molar-refractivity contribution in [1.29, 1.82) is 0 Å². The van der Waals surface area contributed by atoms with Crippen molar-refractivity contribution in [2.24, 2.45) is 23.7 Å². The van der Waals surface area contributed by atoms with Crippen LogP contribution in [0.4, 0.5) is 0 Å². The molecule has 1 aliphatic carbocycles. The summed E-state index contributed by atoms with van der Waals surface area (Å²) in [6.07, 6.45) is 12.0. The Labute approximate surface area is 334 Å². The molecule has 1 heterocycles. The van der Waals surface area contributed by atoms with Crippen molar-refractivity contribution in [1.82, 2.24) is 19.4 Å². The lowest BCUT2D eigenvalue weighted by Gasteiger charge is -2.46. The number of ether oxygens (including phenoxy) is 2. The number of benzene rings is 2. The van der Waals surface area contributed by atoms with Crippen LogP contribution < -0.4 is 9.46 Å². The highest BCUT2D eigenvalue weighted by atomic mass is 35.5. The highest BCUT2D eigenvalue weighted by Gasteiger charge is 2.38. The first-order chi connectivity index (χ1) is 26.1. The fourth-order valence-electron chi connectivity index (χ4n) is 8.48. The number of aldehydes is 1. The van der Waals surface area contributed by atoms with Crippen molar-refractivity contribution in [3.8, 4) is 5.75 Å². The summed E-state index contributed by atoms with van der Waals surface area (Å²) in [5.41, 5.74) is 3.25. The molecule has 0 amide bonds. The zero-order valence-corrected chi connectivity index (χ0v) is 35.8. The predicted octanol–water partition coefficient (Wildman–Crippen LogP) is 7.74. The standard InChI is InChI=1S/C44H69ClN4O4S/c1-8-10-36-27-40(45)16-20-42(36)39(32-53-41-17-13-35(31-50)14-18-41)29-47(6)28-38-15-19-43(38)37(30-48-22-24-49(25-23-48)33(2)3)12-9-11-34(4)44(21-26-52-7)54(51)46-5/h9,12-14,16-18,20,27,31,33-34,37-39,43-44,46H,8,10-11,15,19,21-26,28-30,32H2,1-7H3/b12-9+. The third-order valence-corrected chi connectivity index (χ3v) is 13.7. The van der Waals surface area contributed by atoms with Crippen molar-refractivity contribution in [3.05, 3.63) is 76.3 Å². The first kappa shape index (κ1) is 44.6. The van der Waals surface area contributed by atoms with Gasteiger partial charge in [-0.05, 0) is 131 Å². The molecule has 0 aromatic heterocycles. The SMILES string of the molecule is CCCc1cc(Cl)ccc1C(COc1ccc(C=O)cc1)CN(C)CC1CCC1C(/C=C/CC(C)C(CCOC)S(=O)NC)CN1CCN(C(C)C)CC1. The summed E-state index contributed by atoms with van der Waals surface area (Å²) in [6, 6.07) is 14.3. The molecule has 0 radical (unpaired) electrons. The summed E-state index contributed by atoms with van der Waals surface area (Å²) in [5, 5.41) is 0.829. The quantitative estimate of drug-likeness (QED) is 0.0863. The number of allylic oxidation sites excluding steroid dienone is 1.